The number of aliphatic hydroxyl groups is 1. The van der Waals surface area contributed by atoms with Crippen LogP contribution >= 0.6 is 0 Å². The van der Waals surface area contributed by atoms with Crippen LogP contribution in [0.5, 0.6) is 0 Å². The molecule has 1 heterocycles. The Kier molecular flexibility index (Phi) is 6.15. The molecule has 1 aliphatic rings. The molecule has 0 unspecified atom stereocenters. The second-order valence-corrected chi connectivity index (χ2v) is 8.49. The molecule has 1 rings (SSSR count). The van der Waals surface area contributed by atoms with E-state index in [2.05, 4.69) is 9.62 Å². The lowest BCUT2D eigenvalue weighted by Gasteiger charge is -2.38. The molecule has 21 heavy (non-hydrogen) atoms. The molecule has 0 aromatic rings. The predicted molar refractivity (Wildman–Crippen MR) is 81.3 cm³/mol. The van der Waals surface area contributed by atoms with Gasteiger partial charge in [0.25, 0.3) is 0 Å². The number of aliphatic hydroxyl groups excluding tert-OH is 1. The summed E-state index contributed by atoms with van der Waals surface area (Å²) in [5.41, 5.74) is -0.160. The van der Waals surface area contributed by atoms with Crippen molar-refractivity contribution in [3.63, 3.8) is 0 Å². The van der Waals surface area contributed by atoms with Crippen LogP contribution < -0.4 is 4.72 Å². The van der Waals surface area contributed by atoms with Gasteiger partial charge in [0, 0.05) is 32.7 Å². The van der Waals surface area contributed by atoms with Crippen LogP contribution in [0.15, 0.2) is 0 Å². The van der Waals surface area contributed by atoms with Gasteiger partial charge in [-0.3, -0.25) is 9.69 Å². The van der Waals surface area contributed by atoms with E-state index >= 15 is 0 Å². The fraction of sp³-hybridized carbons (Fsp3) is 0.923. The average molecular weight is 321 g/mol. The topological polar surface area (TPSA) is 89.9 Å². The van der Waals surface area contributed by atoms with Crippen molar-refractivity contribution in [1.29, 1.82) is 0 Å². The fourth-order valence-corrected chi connectivity index (χ4v) is 2.39. The molecule has 1 amide bonds. The smallest absolute Gasteiger partial charge is 0.237 e. The largest absolute Gasteiger partial charge is 0.391 e. The van der Waals surface area contributed by atoms with E-state index in [9.17, 15) is 18.3 Å². The van der Waals surface area contributed by atoms with Crippen LogP contribution in [0.3, 0.4) is 0 Å². The van der Waals surface area contributed by atoms with Crippen molar-refractivity contribution >= 4 is 15.9 Å². The third-order valence-corrected chi connectivity index (χ3v) is 4.31. The van der Waals surface area contributed by atoms with Gasteiger partial charge in [0.05, 0.1) is 18.9 Å². The van der Waals surface area contributed by atoms with Crippen LogP contribution in [0.25, 0.3) is 0 Å². The third-order valence-electron chi connectivity index (χ3n) is 3.64. The van der Waals surface area contributed by atoms with Crippen LogP contribution in [-0.2, 0) is 14.8 Å². The van der Waals surface area contributed by atoms with Crippen molar-refractivity contribution in [2.45, 2.75) is 26.9 Å². The summed E-state index contributed by atoms with van der Waals surface area (Å²) in [6.45, 7) is 8.88. The quantitative estimate of drug-likeness (QED) is 0.684. The lowest BCUT2D eigenvalue weighted by molar-refractivity contribution is -0.132. The van der Waals surface area contributed by atoms with Crippen molar-refractivity contribution in [3.05, 3.63) is 0 Å². The molecule has 0 spiro atoms. The van der Waals surface area contributed by atoms with Gasteiger partial charge in [-0.05, 0) is 5.41 Å². The molecule has 0 aliphatic carbocycles. The molecule has 1 aliphatic heterocycles. The van der Waals surface area contributed by atoms with Crippen LogP contribution in [0.4, 0.5) is 0 Å². The number of sulfonamides is 1. The van der Waals surface area contributed by atoms with Gasteiger partial charge in [0.2, 0.25) is 15.9 Å². The predicted octanol–water partition coefficient (Wildman–Crippen LogP) is -0.913. The van der Waals surface area contributed by atoms with Gasteiger partial charge in [-0.15, -0.1) is 0 Å². The molecule has 2 N–H and O–H groups in total. The maximum Gasteiger partial charge on any atom is 0.237 e. The minimum Gasteiger partial charge on any atom is -0.391 e. The van der Waals surface area contributed by atoms with Crippen LogP contribution in [0.1, 0.15) is 20.8 Å². The Morgan fingerprint density at radius 3 is 2.19 bits per heavy atom. The summed E-state index contributed by atoms with van der Waals surface area (Å²) < 4.78 is 24.1. The summed E-state index contributed by atoms with van der Waals surface area (Å²) in [7, 11) is -3.34. The summed E-state index contributed by atoms with van der Waals surface area (Å²) >= 11 is 0. The number of nitrogens with zero attached hydrogens (tertiary/aromatic N) is 2. The zero-order chi connectivity index (χ0) is 16.3. The highest BCUT2D eigenvalue weighted by Gasteiger charge is 2.27. The van der Waals surface area contributed by atoms with Gasteiger partial charge in [-0.25, -0.2) is 13.1 Å². The molecule has 8 heteroatoms. The fourth-order valence-electron chi connectivity index (χ4n) is 2.00. The second-order valence-electron chi connectivity index (χ2n) is 6.66. The van der Waals surface area contributed by atoms with Crippen LogP contribution in [0.2, 0.25) is 0 Å². The van der Waals surface area contributed by atoms with Crippen LogP contribution in [0, 0.1) is 5.41 Å². The van der Waals surface area contributed by atoms with E-state index in [-0.39, 0.29) is 17.9 Å². The van der Waals surface area contributed by atoms with Crippen molar-refractivity contribution in [2.24, 2.45) is 5.41 Å². The molecular formula is C13H27N3O4S. The standard InChI is InChI=1S/C13H27N3O4S/c1-13(2,3)11(17)10-15-5-7-16(8-6-15)12(18)9-14-21(4,19)20/h11,14,17H,5-10H2,1-4H3/t11-/m0/s1. The first kappa shape index (κ1) is 18.3. The molecule has 7 nitrogen and oxygen atoms in total. The number of β-amino-alcohol motifs (C(OH)–C–C–N with tert-alkyl or cyclic N) is 1. The second kappa shape index (κ2) is 7.04. The van der Waals surface area contributed by atoms with Crippen molar-refractivity contribution in [1.82, 2.24) is 14.5 Å². The maximum atomic E-state index is 11.9. The van der Waals surface area contributed by atoms with Crippen molar-refractivity contribution in [2.75, 3.05) is 45.5 Å². The summed E-state index contributed by atoms with van der Waals surface area (Å²) in [6, 6.07) is 0. The van der Waals surface area contributed by atoms with E-state index in [1.54, 1.807) is 4.90 Å². The molecule has 1 atom stereocenters. The summed E-state index contributed by atoms with van der Waals surface area (Å²) in [5, 5.41) is 10.1. The molecule has 0 aromatic heterocycles. The molecule has 124 valence electrons. The average Bonchev–Trinajstić information content (AvgIpc) is 2.35. The number of hydrogen-bond donors (Lipinski definition) is 2. The Morgan fingerprint density at radius 2 is 1.76 bits per heavy atom. The first-order chi connectivity index (χ1) is 9.49. The number of nitrogens with one attached hydrogen (secondary N) is 1. The first-order valence-electron chi connectivity index (χ1n) is 7.12. The number of rotatable bonds is 5. The van der Waals surface area contributed by atoms with E-state index in [4.69, 9.17) is 0 Å². The van der Waals surface area contributed by atoms with E-state index in [1.165, 1.54) is 0 Å². The highest BCUT2D eigenvalue weighted by atomic mass is 32.2. The highest BCUT2D eigenvalue weighted by molar-refractivity contribution is 7.88. The van der Waals surface area contributed by atoms with Gasteiger partial charge in [0.1, 0.15) is 0 Å². The first-order valence-corrected chi connectivity index (χ1v) is 9.01. The van der Waals surface area contributed by atoms with E-state index in [1.807, 2.05) is 20.8 Å². The lowest BCUT2D eigenvalue weighted by Crippen LogP contribution is -2.53. The van der Waals surface area contributed by atoms with Crippen LogP contribution in [-0.4, -0.2) is 80.9 Å². The monoisotopic (exact) mass is 321 g/mol. The Bertz CT molecular complexity index is 451. The molecule has 0 aromatic carbocycles. The minimum absolute atomic E-state index is 0.160. The Labute approximate surface area is 127 Å². The minimum atomic E-state index is -3.34. The normalized spacial score (nSPS) is 19.6. The SMILES string of the molecule is CC(C)(C)[C@@H](O)CN1CCN(C(=O)CNS(C)(=O)=O)CC1. The number of carbonyl (C=O) groups excluding carboxylic acids is 1. The van der Waals surface area contributed by atoms with Gasteiger partial charge in [-0.1, -0.05) is 20.8 Å². The zero-order valence-corrected chi connectivity index (χ0v) is 14.1. The van der Waals surface area contributed by atoms with Crippen molar-refractivity contribution < 1.29 is 18.3 Å². The Balaban J connectivity index is 2.37. The number of carbonyl (C=O) groups is 1. The summed E-state index contributed by atoms with van der Waals surface area (Å²) in [4.78, 5) is 15.6. The van der Waals surface area contributed by atoms with Crippen molar-refractivity contribution in [3.8, 4) is 0 Å². The number of amides is 1. The lowest BCUT2D eigenvalue weighted by atomic mass is 9.89. The third kappa shape index (κ3) is 6.73. The molecular weight excluding hydrogens is 294 g/mol. The molecule has 0 radical (unpaired) electrons. The van der Waals surface area contributed by atoms with Gasteiger partial charge < -0.3 is 10.0 Å². The zero-order valence-electron chi connectivity index (χ0n) is 13.3. The number of hydrogen-bond acceptors (Lipinski definition) is 5. The van der Waals surface area contributed by atoms with E-state index in [0.29, 0.717) is 32.7 Å². The molecule has 0 bridgehead atoms. The number of piperazine rings is 1. The highest BCUT2D eigenvalue weighted by Crippen LogP contribution is 2.20. The molecule has 1 fully saturated rings. The molecule has 1 saturated heterocycles. The van der Waals surface area contributed by atoms with E-state index in [0.717, 1.165) is 6.26 Å². The van der Waals surface area contributed by atoms with Gasteiger partial charge in [0.15, 0.2) is 0 Å². The maximum absolute atomic E-state index is 11.9. The summed E-state index contributed by atoms with van der Waals surface area (Å²) in [6.07, 6.45) is 0.623. The van der Waals surface area contributed by atoms with Gasteiger partial charge >= 0.3 is 0 Å². The van der Waals surface area contributed by atoms with Gasteiger partial charge in [-0.2, -0.15) is 0 Å². The Morgan fingerprint density at radius 1 is 1.24 bits per heavy atom. The Hall–Kier alpha value is -0.700. The van der Waals surface area contributed by atoms with E-state index < -0.39 is 16.1 Å². The molecule has 0 saturated carbocycles. The summed E-state index contributed by atoms with van der Waals surface area (Å²) in [5.74, 6) is -0.212.